The minimum atomic E-state index is -0.453. The van der Waals surface area contributed by atoms with Crippen LogP contribution >= 0.6 is 0 Å². The van der Waals surface area contributed by atoms with Gasteiger partial charge in [-0.25, -0.2) is 4.98 Å². The van der Waals surface area contributed by atoms with Crippen LogP contribution in [0.5, 0.6) is 0 Å². The highest BCUT2D eigenvalue weighted by Gasteiger charge is 2.32. The Balaban J connectivity index is 0.00000107. The molecule has 1 aromatic heterocycles. The Morgan fingerprint density at radius 1 is 0.968 bits per heavy atom. The molecule has 31 heavy (non-hydrogen) atoms. The third-order valence-corrected chi connectivity index (χ3v) is 4.15. The summed E-state index contributed by atoms with van der Waals surface area (Å²) in [6.07, 6.45) is 0.750. The van der Waals surface area contributed by atoms with E-state index in [9.17, 15) is 0 Å². The Labute approximate surface area is 185 Å². The fraction of sp³-hybridized carbons (Fsp3) is 0.417. The van der Waals surface area contributed by atoms with Crippen molar-refractivity contribution in [2.45, 2.75) is 59.7 Å². The molecule has 3 rings (SSSR count). The van der Waals surface area contributed by atoms with E-state index in [2.05, 4.69) is 28.5 Å². The highest BCUT2D eigenvalue weighted by Crippen LogP contribution is 2.22. The van der Waals surface area contributed by atoms with Crippen LogP contribution in [0.3, 0.4) is 0 Å². The van der Waals surface area contributed by atoms with Crippen LogP contribution < -0.4 is 10.8 Å². The maximum Gasteiger partial charge on any atom is 0.494 e. The van der Waals surface area contributed by atoms with Gasteiger partial charge in [-0.1, -0.05) is 6.07 Å². The molecular formula is C24H34BN3O3. The van der Waals surface area contributed by atoms with Gasteiger partial charge in [-0.05, 0) is 90.3 Å². The molecule has 0 bridgehead atoms. The second kappa shape index (κ2) is 10.1. The van der Waals surface area contributed by atoms with Crippen molar-refractivity contribution < 1.29 is 14.1 Å². The number of nitrogens with one attached hydrogen (secondary N) is 2. The molecule has 6 nitrogen and oxygen atoms in total. The van der Waals surface area contributed by atoms with Crippen molar-refractivity contribution in [3.8, 4) is 11.4 Å². The third-order valence-electron chi connectivity index (χ3n) is 4.15. The second-order valence-electron chi connectivity index (χ2n) is 9.22. The molecule has 0 aliphatic rings. The Bertz CT molecular complexity index is 970. The monoisotopic (exact) mass is 423 g/mol. The van der Waals surface area contributed by atoms with E-state index in [0.29, 0.717) is 0 Å². The van der Waals surface area contributed by atoms with Crippen molar-refractivity contribution in [2.24, 2.45) is 0 Å². The van der Waals surface area contributed by atoms with E-state index in [-0.39, 0.29) is 11.2 Å². The molecule has 1 heterocycles. The van der Waals surface area contributed by atoms with Crippen molar-refractivity contribution in [2.75, 3.05) is 12.4 Å². The number of hydrogen-bond donors (Lipinski definition) is 2. The first-order valence-corrected chi connectivity index (χ1v) is 10.5. The number of carbonyl (C=O) groups excluding carboxylic acids is 1. The number of fused-ring (bicyclic) bond motifs is 1. The Hall–Kier alpha value is -2.64. The predicted molar refractivity (Wildman–Crippen MR) is 130 cm³/mol. The topological polar surface area (TPSA) is 76.2 Å². The van der Waals surface area contributed by atoms with Gasteiger partial charge in [0.25, 0.3) is 0 Å². The van der Waals surface area contributed by atoms with Crippen LogP contribution in [0.15, 0.2) is 42.5 Å². The third kappa shape index (κ3) is 7.53. The van der Waals surface area contributed by atoms with Gasteiger partial charge >= 0.3 is 7.12 Å². The van der Waals surface area contributed by atoms with E-state index in [1.807, 2.05) is 72.9 Å². The SMILES string of the molecule is CC=O.CNc1ccc(-c2nc3ccc(B(OC(C)(C)C)OC(C)(C)C)cc3[nH]2)cc1. The lowest BCUT2D eigenvalue weighted by atomic mass is 9.76. The van der Waals surface area contributed by atoms with Crippen LogP contribution in [0.1, 0.15) is 48.5 Å². The first-order valence-electron chi connectivity index (χ1n) is 10.5. The average molecular weight is 423 g/mol. The highest BCUT2D eigenvalue weighted by atomic mass is 16.6. The number of aromatic nitrogens is 2. The smallest absolute Gasteiger partial charge is 0.403 e. The van der Waals surface area contributed by atoms with Crippen LogP contribution in [-0.4, -0.2) is 41.6 Å². The van der Waals surface area contributed by atoms with E-state index < -0.39 is 7.12 Å². The van der Waals surface area contributed by atoms with Crippen molar-refractivity contribution in [1.82, 2.24) is 9.97 Å². The molecule has 0 unspecified atom stereocenters. The lowest BCUT2D eigenvalue weighted by Crippen LogP contribution is -2.46. The molecule has 0 fully saturated rings. The molecule has 166 valence electrons. The van der Waals surface area contributed by atoms with Crippen LogP contribution in [0.4, 0.5) is 5.69 Å². The summed E-state index contributed by atoms with van der Waals surface area (Å²) in [6, 6.07) is 14.3. The van der Waals surface area contributed by atoms with Crippen molar-refractivity contribution in [1.29, 1.82) is 0 Å². The molecule has 0 spiro atoms. The van der Waals surface area contributed by atoms with Gasteiger partial charge in [0.2, 0.25) is 0 Å². The number of nitrogens with zero attached hydrogens (tertiary/aromatic N) is 1. The van der Waals surface area contributed by atoms with E-state index in [1.54, 1.807) is 0 Å². The molecule has 0 atom stereocenters. The Morgan fingerprint density at radius 2 is 1.52 bits per heavy atom. The van der Waals surface area contributed by atoms with Crippen molar-refractivity contribution in [3.05, 3.63) is 42.5 Å². The summed E-state index contributed by atoms with van der Waals surface area (Å²) < 4.78 is 12.4. The quantitative estimate of drug-likeness (QED) is 0.455. The van der Waals surface area contributed by atoms with Crippen LogP contribution in [0.2, 0.25) is 0 Å². The molecule has 7 heteroatoms. The first kappa shape index (κ1) is 24.6. The lowest BCUT2D eigenvalue weighted by Gasteiger charge is -2.30. The molecule has 2 aromatic carbocycles. The van der Waals surface area contributed by atoms with Crippen LogP contribution in [0.25, 0.3) is 22.4 Å². The van der Waals surface area contributed by atoms with Gasteiger partial charge < -0.3 is 24.4 Å². The maximum absolute atomic E-state index is 8.81. The normalized spacial score (nSPS) is 11.6. The van der Waals surface area contributed by atoms with E-state index >= 15 is 0 Å². The number of imidazole rings is 1. The standard InChI is InChI=1S/C22H30BN3O2.C2H4O/c1-21(2,3)27-23(28-22(4,5)6)16-10-13-18-19(14-16)26-20(25-18)15-8-11-17(24-7)12-9-15;1-2-3/h8-14,24H,1-7H3,(H,25,26);2H,1H3. The summed E-state index contributed by atoms with van der Waals surface area (Å²) in [5.74, 6) is 0.847. The zero-order valence-corrected chi connectivity index (χ0v) is 19.9. The molecule has 0 aliphatic carbocycles. The first-order chi connectivity index (χ1) is 14.5. The van der Waals surface area contributed by atoms with Gasteiger partial charge in [-0.2, -0.15) is 0 Å². The zero-order chi connectivity index (χ0) is 23.2. The summed E-state index contributed by atoms with van der Waals surface area (Å²) in [5.41, 5.74) is 4.33. The second-order valence-corrected chi connectivity index (χ2v) is 9.22. The zero-order valence-electron chi connectivity index (χ0n) is 19.9. The van der Waals surface area contributed by atoms with Gasteiger partial charge in [-0.3, -0.25) is 0 Å². The molecule has 0 amide bonds. The Morgan fingerprint density at radius 3 is 2.00 bits per heavy atom. The Kier molecular flexibility index (Phi) is 8.04. The number of carbonyl (C=O) groups is 1. The van der Waals surface area contributed by atoms with Crippen molar-refractivity contribution in [3.63, 3.8) is 0 Å². The number of rotatable bonds is 5. The number of hydrogen-bond acceptors (Lipinski definition) is 5. The molecule has 0 saturated heterocycles. The van der Waals surface area contributed by atoms with E-state index in [4.69, 9.17) is 19.1 Å². The summed E-state index contributed by atoms with van der Waals surface area (Å²) in [5, 5.41) is 3.13. The summed E-state index contributed by atoms with van der Waals surface area (Å²) in [4.78, 5) is 17.0. The number of aromatic amines is 1. The van der Waals surface area contributed by atoms with Crippen LogP contribution in [-0.2, 0) is 14.1 Å². The predicted octanol–water partition coefficient (Wildman–Crippen LogP) is 4.80. The fourth-order valence-corrected chi connectivity index (χ4v) is 2.91. The molecule has 0 saturated carbocycles. The number of benzene rings is 2. The van der Waals surface area contributed by atoms with Crippen LogP contribution in [0, 0.1) is 0 Å². The number of H-pyrrole nitrogens is 1. The van der Waals surface area contributed by atoms with Gasteiger partial charge in [0.1, 0.15) is 12.1 Å². The molecule has 0 radical (unpaired) electrons. The van der Waals surface area contributed by atoms with E-state index in [1.165, 1.54) is 6.92 Å². The van der Waals surface area contributed by atoms with Gasteiger partial charge in [0.05, 0.1) is 11.0 Å². The largest absolute Gasteiger partial charge is 0.494 e. The fourth-order valence-electron chi connectivity index (χ4n) is 2.91. The average Bonchev–Trinajstić information content (AvgIpc) is 3.09. The van der Waals surface area contributed by atoms with E-state index in [0.717, 1.165) is 39.9 Å². The molecule has 2 N–H and O–H groups in total. The highest BCUT2D eigenvalue weighted by molar-refractivity contribution is 6.61. The molecule has 3 aromatic rings. The lowest BCUT2D eigenvalue weighted by molar-refractivity contribution is -0.106. The van der Waals surface area contributed by atoms with Gasteiger partial charge in [0.15, 0.2) is 0 Å². The van der Waals surface area contributed by atoms with Crippen molar-refractivity contribution >= 4 is 35.6 Å². The molecule has 0 aliphatic heterocycles. The summed E-state index contributed by atoms with van der Waals surface area (Å²) in [6.45, 7) is 13.7. The number of aldehydes is 1. The molecular weight excluding hydrogens is 389 g/mol. The summed E-state index contributed by atoms with van der Waals surface area (Å²) in [7, 11) is 1.46. The summed E-state index contributed by atoms with van der Waals surface area (Å²) >= 11 is 0. The minimum Gasteiger partial charge on any atom is -0.403 e. The number of anilines is 1. The van der Waals surface area contributed by atoms with Gasteiger partial charge in [-0.15, -0.1) is 0 Å². The van der Waals surface area contributed by atoms with Gasteiger partial charge in [0, 0.05) is 29.5 Å². The minimum absolute atomic E-state index is 0.320. The maximum atomic E-state index is 8.81.